The summed E-state index contributed by atoms with van der Waals surface area (Å²) >= 11 is 6.23. The van der Waals surface area contributed by atoms with Gasteiger partial charge in [-0.2, -0.15) is 0 Å². The highest BCUT2D eigenvalue weighted by Crippen LogP contribution is 2.26. The van der Waals surface area contributed by atoms with Gasteiger partial charge in [-0.1, -0.05) is 31.9 Å². The summed E-state index contributed by atoms with van der Waals surface area (Å²) in [7, 11) is 0. The topological polar surface area (TPSA) is 45.2 Å². The van der Waals surface area contributed by atoms with Crippen LogP contribution in [-0.4, -0.2) is 28.9 Å². The first-order chi connectivity index (χ1) is 10.1. The number of carbonyl (C=O) groups excluding carboxylic acids is 1. The van der Waals surface area contributed by atoms with Crippen LogP contribution in [0.5, 0.6) is 0 Å². The maximum Gasteiger partial charge on any atom is 0.223 e. The molecule has 0 bridgehead atoms. The highest BCUT2D eigenvalue weighted by Gasteiger charge is 2.29. The van der Waals surface area contributed by atoms with E-state index in [9.17, 15) is 4.79 Å². The number of nitrogens with zero attached hydrogens (tertiary/aromatic N) is 2. The Morgan fingerprint density at radius 2 is 2.19 bits per heavy atom. The molecular formula is C16H24ClN3O. The molecule has 2 rings (SSSR count). The fourth-order valence-corrected chi connectivity index (χ4v) is 2.90. The van der Waals surface area contributed by atoms with Crippen LogP contribution in [0.2, 0.25) is 5.02 Å². The molecule has 1 aromatic rings. The molecule has 1 fully saturated rings. The predicted molar refractivity (Wildman–Crippen MR) is 86.5 cm³/mol. The second kappa shape index (κ2) is 7.64. The van der Waals surface area contributed by atoms with Crippen molar-refractivity contribution in [2.45, 2.75) is 46.1 Å². The van der Waals surface area contributed by atoms with Crippen LogP contribution in [0.25, 0.3) is 0 Å². The number of nitrogens with one attached hydrogen (secondary N) is 1. The highest BCUT2D eigenvalue weighted by atomic mass is 35.5. The zero-order chi connectivity index (χ0) is 15.2. The molecule has 116 valence electrons. The lowest BCUT2D eigenvalue weighted by Crippen LogP contribution is -2.25. The summed E-state index contributed by atoms with van der Waals surface area (Å²) in [6.45, 7) is 6.50. The van der Waals surface area contributed by atoms with Gasteiger partial charge in [-0.3, -0.25) is 4.79 Å². The van der Waals surface area contributed by atoms with Crippen LogP contribution in [0.3, 0.4) is 0 Å². The predicted octanol–water partition coefficient (Wildman–Crippen LogP) is 3.71. The number of carbonyl (C=O) groups is 1. The molecule has 0 saturated carbocycles. The number of halogens is 1. The van der Waals surface area contributed by atoms with Gasteiger partial charge in [-0.25, -0.2) is 4.98 Å². The number of hydrogen-bond acceptors (Lipinski definition) is 3. The summed E-state index contributed by atoms with van der Waals surface area (Å²) in [4.78, 5) is 18.5. The van der Waals surface area contributed by atoms with Crippen LogP contribution in [0, 0.1) is 5.92 Å². The Hall–Kier alpha value is -1.29. The largest absolute Gasteiger partial charge is 0.370 e. The van der Waals surface area contributed by atoms with Crippen molar-refractivity contribution in [1.29, 1.82) is 0 Å². The van der Waals surface area contributed by atoms with Crippen molar-refractivity contribution in [3.8, 4) is 0 Å². The Morgan fingerprint density at radius 3 is 2.90 bits per heavy atom. The Balaban J connectivity index is 2.03. The number of rotatable bonds is 7. The van der Waals surface area contributed by atoms with Gasteiger partial charge in [0, 0.05) is 19.5 Å². The number of likely N-dealkylation sites (tertiary alicyclic amines) is 1. The van der Waals surface area contributed by atoms with Crippen LogP contribution in [0.1, 0.15) is 45.2 Å². The van der Waals surface area contributed by atoms with Crippen LogP contribution in [0.4, 0.5) is 5.82 Å². The normalized spacial score (nSPS) is 18.3. The van der Waals surface area contributed by atoms with E-state index in [1.807, 2.05) is 17.0 Å². The lowest BCUT2D eigenvalue weighted by atomic mass is 10.0. The molecular weight excluding hydrogens is 286 g/mol. The summed E-state index contributed by atoms with van der Waals surface area (Å²) in [5, 5.41) is 3.88. The summed E-state index contributed by atoms with van der Waals surface area (Å²) in [6, 6.07) is 3.74. The second-order valence-corrected chi connectivity index (χ2v) is 6.09. The summed E-state index contributed by atoms with van der Waals surface area (Å²) < 4.78 is 0. The van der Waals surface area contributed by atoms with Gasteiger partial charge in [0.25, 0.3) is 0 Å². The van der Waals surface area contributed by atoms with Gasteiger partial charge >= 0.3 is 0 Å². The van der Waals surface area contributed by atoms with Crippen molar-refractivity contribution in [1.82, 2.24) is 9.88 Å². The molecule has 5 heteroatoms. The van der Waals surface area contributed by atoms with Gasteiger partial charge in [0.2, 0.25) is 5.91 Å². The Bertz CT molecular complexity index is 492. The van der Waals surface area contributed by atoms with Crippen LogP contribution in [-0.2, 0) is 11.3 Å². The molecule has 0 aliphatic carbocycles. The van der Waals surface area contributed by atoms with E-state index in [0.29, 0.717) is 23.9 Å². The first-order valence-electron chi connectivity index (χ1n) is 7.81. The van der Waals surface area contributed by atoms with Gasteiger partial charge in [-0.15, -0.1) is 0 Å². The zero-order valence-corrected chi connectivity index (χ0v) is 13.6. The molecule has 1 N–H and O–H groups in total. The molecule has 0 spiro atoms. The van der Waals surface area contributed by atoms with E-state index in [-0.39, 0.29) is 5.91 Å². The van der Waals surface area contributed by atoms with Crippen molar-refractivity contribution in [3.05, 3.63) is 22.8 Å². The molecule has 1 saturated heterocycles. The van der Waals surface area contributed by atoms with E-state index in [1.165, 1.54) is 0 Å². The summed E-state index contributed by atoms with van der Waals surface area (Å²) in [5.41, 5.74) is 0.781. The van der Waals surface area contributed by atoms with Gasteiger partial charge in [0.15, 0.2) is 0 Å². The van der Waals surface area contributed by atoms with Crippen molar-refractivity contribution in [2.75, 3.05) is 18.4 Å². The van der Waals surface area contributed by atoms with Gasteiger partial charge in [0.05, 0.1) is 17.3 Å². The van der Waals surface area contributed by atoms with Crippen LogP contribution >= 0.6 is 11.6 Å². The Labute approximate surface area is 131 Å². The molecule has 1 aliphatic heterocycles. The van der Waals surface area contributed by atoms with E-state index < -0.39 is 0 Å². The van der Waals surface area contributed by atoms with Gasteiger partial charge < -0.3 is 10.2 Å². The van der Waals surface area contributed by atoms with Crippen molar-refractivity contribution in [2.24, 2.45) is 5.92 Å². The minimum atomic E-state index is 0.221. The number of anilines is 1. The molecule has 1 unspecified atom stereocenters. The van der Waals surface area contributed by atoms with Crippen LogP contribution in [0.15, 0.2) is 12.1 Å². The maximum atomic E-state index is 12.1. The smallest absolute Gasteiger partial charge is 0.223 e. The first kappa shape index (κ1) is 16.1. The molecule has 4 nitrogen and oxygen atoms in total. The summed E-state index contributed by atoms with van der Waals surface area (Å²) in [5.74, 6) is 1.54. The lowest BCUT2D eigenvalue weighted by molar-refractivity contribution is -0.128. The molecule has 1 aliphatic rings. The summed E-state index contributed by atoms with van der Waals surface area (Å²) in [6.07, 6.45) is 3.95. The number of amides is 1. The van der Waals surface area contributed by atoms with E-state index in [1.54, 1.807) is 0 Å². The minimum Gasteiger partial charge on any atom is -0.370 e. The first-order valence-corrected chi connectivity index (χ1v) is 8.18. The number of hydrogen-bond donors (Lipinski definition) is 1. The van der Waals surface area contributed by atoms with Crippen molar-refractivity contribution < 1.29 is 4.79 Å². The zero-order valence-electron chi connectivity index (χ0n) is 12.9. The average molecular weight is 310 g/mol. The second-order valence-electron chi connectivity index (χ2n) is 5.68. The molecule has 21 heavy (non-hydrogen) atoms. The molecule has 1 atom stereocenters. The number of aromatic nitrogens is 1. The van der Waals surface area contributed by atoms with Gasteiger partial charge in [0.1, 0.15) is 5.82 Å². The van der Waals surface area contributed by atoms with E-state index in [4.69, 9.17) is 11.6 Å². The van der Waals surface area contributed by atoms with E-state index >= 15 is 0 Å². The molecule has 0 radical (unpaired) electrons. The van der Waals surface area contributed by atoms with Crippen molar-refractivity contribution in [3.63, 3.8) is 0 Å². The Morgan fingerprint density at radius 1 is 1.38 bits per heavy atom. The SMILES string of the molecule is CCCNc1ccc(Cl)c(CN2CC(CCC)CC2=O)n1. The molecule has 1 amide bonds. The fraction of sp³-hybridized carbons (Fsp3) is 0.625. The quantitative estimate of drug-likeness (QED) is 0.835. The van der Waals surface area contributed by atoms with E-state index in [2.05, 4.69) is 24.1 Å². The fourth-order valence-electron chi connectivity index (χ4n) is 2.74. The average Bonchev–Trinajstić information content (AvgIpc) is 2.80. The molecule has 2 heterocycles. The Kier molecular flexibility index (Phi) is 5.85. The third-order valence-electron chi connectivity index (χ3n) is 3.81. The monoisotopic (exact) mass is 309 g/mol. The maximum absolute atomic E-state index is 12.1. The standard InChI is InChI=1S/C16H24ClN3O/c1-3-5-12-9-16(21)20(10-12)11-14-13(17)6-7-15(19-14)18-8-4-2/h6-7,12H,3-5,8-11H2,1-2H3,(H,18,19). The van der Waals surface area contributed by atoms with E-state index in [0.717, 1.165) is 43.9 Å². The third kappa shape index (κ3) is 4.34. The van der Waals surface area contributed by atoms with Crippen molar-refractivity contribution >= 4 is 23.3 Å². The molecule has 1 aromatic heterocycles. The molecule has 0 aromatic carbocycles. The number of pyridine rings is 1. The van der Waals surface area contributed by atoms with Gasteiger partial charge in [-0.05, 0) is 30.9 Å². The lowest BCUT2D eigenvalue weighted by Gasteiger charge is -2.17. The third-order valence-corrected chi connectivity index (χ3v) is 4.15. The highest BCUT2D eigenvalue weighted by molar-refractivity contribution is 6.31. The van der Waals surface area contributed by atoms with Crippen LogP contribution < -0.4 is 5.32 Å². The minimum absolute atomic E-state index is 0.221.